The fraction of sp³-hybridized carbons (Fsp3) is 0.308. The van der Waals surface area contributed by atoms with Gasteiger partial charge in [-0.25, -0.2) is 0 Å². The van der Waals surface area contributed by atoms with E-state index in [9.17, 15) is 0 Å². The third kappa shape index (κ3) is 5.31. The summed E-state index contributed by atoms with van der Waals surface area (Å²) < 4.78 is 2.32. The van der Waals surface area contributed by atoms with E-state index in [2.05, 4.69) is 61.0 Å². The van der Waals surface area contributed by atoms with Gasteiger partial charge in [-0.2, -0.15) is 0 Å². The van der Waals surface area contributed by atoms with Crippen LogP contribution in [0.25, 0.3) is 0 Å². The zero-order valence-corrected chi connectivity index (χ0v) is 12.1. The molecule has 1 rings (SSSR count). The standard InChI is InChI=1S/C10H9.3CH3.Sn/c1-2-3-7-10-8-5-4-6-9-10;;;;/h1,3-6,8-9H,7H2;3*1H3;. The van der Waals surface area contributed by atoms with Crippen LogP contribution in [0.3, 0.4) is 0 Å². The van der Waals surface area contributed by atoms with Gasteiger partial charge in [-0.3, -0.25) is 0 Å². The molecular formula is C13H18Sn. The minimum atomic E-state index is -1.72. The molecule has 0 saturated carbocycles. The Morgan fingerprint density at radius 1 is 1.14 bits per heavy atom. The zero-order valence-electron chi connectivity index (χ0n) is 9.25. The topological polar surface area (TPSA) is 0 Å². The second kappa shape index (κ2) is 5.43. The summed E-state index contributed by atoms with van der Waals surface area (Å²) in [5.74, 6) is 0. The Kier molecular flexibility index (Phi) is 4.50. The zero-order chi connectivity index (χ0) is 10.4. The van der Waals surface area contributed by atoms with Crippen molar-refractivity contribution in [3.05, 3.63) is 51.8 Å². The van der Waals surface area contributed by atoms with Crippen LogP contribution in [0.2, 0.25) is 14.8 Å². The fourth-order valence-electron chi connectivity index (χ4n) is 1.10. The maximum atomic E-state index is 3.32. The van der Waals surface area contributed by atoms with Crippen molar-refractivity contribution < 1.29 is 0 Å². The SMILES string of the molecule is [CH3][Sn]([CH3])([CH3])[CH]=C=CCc1ccccc1. The number of benzene rings is 1. The van der Waals surface area contributed by atoms with Crippen LogP contribution < -0.4 is 0 Å². The average molecular weight is 293 g/mol. The number of hydrogen-bond donors (Lipinski definition) is 0. The summed E-state index contributed by atoms with van der Waals surface area (Å²) in [6.07, 6.45) is 3.14. The van der Waals surface area contributed by atoms with E-state index in [1.807, 2.05) is 0 Å². The normalized spacial score (nSPS) is 10.5. The molecule has 0 N–H and O–H groups in total. The molecule has 0 aliphatic rings. The molecule has 74 valence electrons. The van der Waals surface area contributed by atoms with Crippen LogP contribution in [-0.4, -0.2) is 18.4 Å². The van der Waals surface area contributed by atoms with Gasteiger partial charge in [0, 0.05) is 0 Å². The molecule has 0 spiro atoms. The second-order valence-electron chi connectivity index (χ2n) is 4.57. The molecule has 0 heterocycles. The Balaban J connectivity index is 2.53. The summed E-state index contributed by atoms with van der Waals surface area (Å²) in [5, 5.41) is 0. The first kappa shape index (κ1) is 11.6. The molecule has 1 aromatic carbocycles. The molecule has 0 fully saturated rings. The van der Waals surface area contributed by atoms with Crippen molar-refractivity contribution in [3.8, 4) is 0 Å². The second-order valence-corrected chi connectivity index (χ2v) is 18.9. The van der Waals surface area contributed by atoms with Gasteiger partial charge in [0.15, 0.2) is 0 Å². The Labute approximate surface area is 91.2 Å². The molecule has 0 amide bonds. The third-order valence-corrected chi connectivity index (χ3v) is 4.76. The van der Waals surface area contributed by atoms with Crippen molar-refractivity contribution in [1.82, 2.24) is 0 Å². The van der Waals surface area contributed by atoms with Crippen molar-refractivity contribution >= 4 is 18.4 Å². The van der Waals surface area contributed by atoms with Gasteiger partial charge >= 0.3 is 91.4 Å². The summed E-state index contributed by atoms with van der Waals surface area (Å²) in [7, 11) is 0. The maximum absolute atomic E-state index is 3.32. The van der Waals surface area contributed by atoms with Crippen molar-refractivity contribution in [2.45, 2.75) is 21.2 Å². The summed E-state index contributed by atoms with van der Waals surface area (Å²) in [4.78, 5) is 7.16. The molecule has 0 atom stereocenters. The molecule has 1 aromatic rings. The van der Waals surface area contributed by atoms with E-state index in [4.69, 9.17) is 0 Å². The van der Waals surface area contributed by atoms with E-state index in [1.54, 1.807) is 0 Å². The van der Waals surface area contributed by atoms with Gasteiger partial charge in [0.1, 0.15) is 0 Å². The van der Waals surface area contributed by atoms with Gasteiger partial charge in [-0.15, -0.1) is 0 Å². The summed E-state index contributed by atoms with van der Waals surface area (Å²) >= 11 is -1.72. The Bertz CT molecular complexity index is 324. The van der Waals surface area contributed by atoms with E-state index in [0.29, 0.717) is 0 Å². The fourth-order valence-corrected chi connectivity index (χ4v) is 2.86. The van der Waals surface area contributed by atoms with E-state index >= 15 is 0 Å². The van der Waals surface area contributed by atoms with E-state index in [-0.39, 0.29) is 0 Å². The third-order valence-electron chi connectivity index (χ3n) is 1.81. The predicted molar refractivity (Wildman–Crippen MR) is 66.1 cm³/mol. The molecule has 1 heteroatoms. The molecule has 14 heavy (non-hydrogen) atoms. The van der Waals surface area contributed by atoms with Crippen LogP contribution >= 0.6 is 0 Å². The minimum absolute atomic E-state index is 0.999. The van der Waals surface area contributed by atoms with Crippen molar-refractivity contribution in [1.29, 1.82) is 0 Å². The van der Waals surface area contributed by atoms with Gasteiger partial charge in [-0.05, 0) is 0 Å². The molecule has 0 nitrogen and oxygen atoms in total. The van der Waals surface area contributed by atoms with Gasteiger partial charge in [0.05, 0.1) is 0 Å². The molecule has 0 aliphatic carbocycles. The van der Waals surface area contributed by atoms with Crippen LogP contribution in [0.5, 0.6) is 0 Å². The Morgan fingerprint density at radius 3 is 2.36 bits per heavy atom. The van der Waals surface area contributed by atoms with Gasteiger partial charge in [0.2, 0.25) is 0 Å². The van der Waals surface area contributed by atoms with Crippen LogP contribution in [0.15, 0.2) is 46.2 Å². The Morgan fingerprint density at radius 2 is 1.79 bits per heavy atom. The average Bonchev–Trinajstić information content (AvgIpc) is 2.13. The van der Waals surface area contributed by atoms with Gasteiger partial charge in [-0.1, -0.05) is 0 Å². The molecular weight excluding hydrogens is 275 g/mol. The first-order chi connectivity index (χ1) is 6.58. The summed E-state index contributed by atoms with van der Waals surface area (Å²) in [6.45, 7) is 0. The van der Waals surface area contributed by atoms with E-state index in [0.717, 1.165) is 6.42 Å². The molecule has 0 unspecified atom stereocenters. The first-order valence-electron chi connectivity index (χ1n) is 5.04. The molecule has 0 bridgehead atoms. The van der Waals surface area contributed by atoms with Crippen LogP contribution in [0.1, 0.15) is 5.56 Å². The van der Waals surface area contributed by atoms with E-state index < -0.39 is 18.4 Å². The van der Waals surface area contributed by atoms with E-state index in [1.165, 1.54) is 5.56 Å². The molecule has 0 radical (unpaired) electrons. The summed E-state index contributed by atoms with van der Waals surface area (Å²) in [5.41, 5.74) is 4.68. The Hall–Kier alpha value is -0.461. The van der Waals surface area contributed by atoms with Crippen molar-refractivity contribution in [3.63, 3.8) is 0 Å². The number of allylic oxidation sites excluding steroid dienone is 1. The molecule has 0 saturated heterocycles. The van der Waals surface area contributed by atoms with Gasteiger partial charge < -0.3 is 0 Å². The summed E-state index contributed by atoms with van der Waals surface area (Å²) in [6, 6.07) is 10.5. The van der Waals surface area contributed by atoms with Crippen molar-refractivity contribution in [2.75, 3.05) is 0 Å². The first-order valence-corrected chi connectivity index (χ1v) is 15.2. The van der Waals surface area contributed by atoms with Gasteiger partial charge in [0.25, 0.3) is 0 Å². The monoisotopic (exact) mass is 294 g/mol. The molecule has 0 aromatic heterocycles. The van der Waals surface area contributed by atoms with Crippen LogP contribution in [0.4, 0.5) is 0 Å². The number of rotatable bonds is 3. The van der Waals surface area contributed by atoms with Crippen LogP contribution in [0, 0.1) is 0 Å². The number of hydrogen-bond acceptors (Lipinski definition) is 0. The predicted octanol–water partition coefficient (Wildman–Crippen LogP) is 3.82. The molecule has 0 aliphatic heterocycles. The quantitative estimate of drug-likeness (QED) is 0.587. The van der Waals surface area contributed by atoms with Crippen molar-refractivity contribution in [2.24, 2.45) is 0 Å². The van der Waals surface area contributed by atoms with Crippen LogP contribution in [-0.2, 0) is 6.42 Å².